The largest absolute Gasteiger partial charge is 0.382 e. The van der Waals surface area contributed by atoms with E-state index in [0.717, 1.165) is 5.39 Å². The molecule has 30 heavy (non-hydrogen) atoms. The maximum absolute atomic E-state index is 12.3. The normalized spacial score (nSPS) is 11.4. The van der Waals surface area contributed by atoms with Gasteiger partial charge >= 0.3 is 0 Å². The summed E-state index contributed by atoms with van der Waals surface area (Å²) >= 11 is 0. The van der Waals surface area contributed by atoms with Gasteiger partial charge in [0.05, 0.1) is 17.5 Å². The monoisotopic (exact) mass is 412 g/mol. The van der Waals surface area contributed by atoms with Crippen LogP contribution in [0.4, 0.5) is 11.6 Å². The molecule has 11 heteroatoms. The Morgan fingerprint density at radius 3 is 2.50 bits per heavy atom. The highest BCUT2D eigenvalue weighted by Gasteiger charge is 2.22. The Kier molecular flexibility index (Phi) is 5.72. The zero-order valence-electron chi connectivity index (χ0n) is 16.7. The molecule has 0 aliphatic rings. The van der Waals surface area contributed by atoms with Gasteiger partial charge in [-0.2, -0.15) is 10.2 Å². The Balaban J connectivity index is 1.60. The highest BCUT2D eigenvalue weighted by atomic mass is 16.2. The minimum Gasteiger partial charge on any atom is -0.382 e. The smallest absolute Gasteiger partial charge is 0.272 e. The second-order valence-electron chi connectivity index (χ2n) is 7.74. The number of hydrogen-bond acceptors (Lipinski definition) is 7. The summed E-state index contributed by atoms with van der Waals surface area (Å²) in [6, 6.07) is 7.18. The van der Waals surface area contributed by atoms with E-state index in [2.05, 4.69) is 31.0 Å². The van der Waals surface area contributed by atoms with Crippen LogP contribution in [0.15, 0.2) is 29.1 Å². The number of rotatable bonds is 8. The lowest BCUT2D eigenvalue weighted by Crippen LogP contribution is -2.39. The third-order valence-electron chi connectivity index (χ3n) is 4.65. The van der Waals surface area contributed by atoms with Crippen LogP contribution in [0.25, 0.3) is 10.8 Å². The van der Waals surface area contributed by atoms with E-state index < -0.39 is 5.91 Å². The number of amides is 2. The first-order valence-corrected chi connectivity index (χ1v) is 9.28. The van der Waals surface area contributed by atoms with Gasteiger partial charge in [-0.05, 0) is 11.5 Å². The number of nitrogens with one attached hydrogen (secondary N) is 4. The van der Waals surface area contributed by atoms with Crippen molar-refractivity contribution in [1.29, 1.82) is 0 Å². The van der Waals surface area contributed by atoms with Crippen LogP contribution >= 0.6 is 0 Å². The third-order valence-corrected chi connectivity index (χ3v) is 4.65. The lowest BCUT2D eigenvalue weighted by atomic mass is 9.93. The molecule has 0 atom stereocenters. The summed E-state index contributed by atoms with van der Waals surface area (Å²) < 4.78 is 0. The number of fused-ring (bicyclic) bond motifs is 1. The molecule has 0 saturated heterocycles. The van der Waals surface area contributed by atoms with Gasteiger partial charge in [0, 0.05) is 18.5 Å². The van der Waals surface area contributed by atoms with E-state index in [1.165, 1.54) is 0 Å². The Morgan fingerprint density at radius 1 is 1.10 bits per heavy atom. The number of H-pyrrole nitrogens is 2. The van der Waals surface area contributed by atoms with Crippen molar-refractivity contribution in [2.75, 3.05) is 24.1 Å². The van der Waals surface area contributed by atoms with Crippen molar-refractivity contribution < 1.29 is 9.59 Å². The standard InChI is InChI=1S/C19H24N8O3/c1-19(2,8-22-13(28)7-12-14(16(21)29)15(20)25-24-12)9-23-17-10-5-3-4-6-11(10)18(30)27-26-17/h3-6H,7-9H2,1-2H3,(H2,21,29)(H,22,28)(H,23,26)(H,27,30)(H3,20,24,25). The van der Waals surface area contributed by atoms with Crippen molar-refractivity contribution in [3.05, 3.63) is 45.9 Å². The molecule has 0 saturated carbocycles. The number of nitrogens with two attached hydrogens (primary N) is 2. The minimum absolute atomic E-state index is 0.0297. The second-order valence-corrected chi connectivity index (χ2v) is 7.74. The van der Waals surface area contributed by atoms with Gasteiger partial charge in [0.2, 0.25) is 5.91 Å². The fraction of sp³-hybridized carbons (Fsp3) is 0.316. The first-order chi connectivity index (χ1) is 14.2. The summed E-state index contributed by atoms with van der Waals surface area (Å²) in [6.07, 6.45) is -0.0991. The number of hydrogen-bond donors (Lipinski definition) is 6. The Bertz CT molecular complexity index is 1150. The van der Waals surface area contributed by atoms with Gasteiger partial charge in [-0.3, -0.25) is 19.5 Å². The van der Waals surface area contributed by atoms with Crippen LogP contribution in [0, 0.1) is 5.41 Å². The molecule has 0 bridgehead atoms. The lowest BCUT2D eigenvalue weighted by Gasteiger charge is -2.25. The highest BCUT2D eigenvalue weighted by Crippen LogP contribution is 2.20. The molecule has 0 fully saturated rings. The molecule has 3 rings (SSSR count). The second kappa shape index (κ2) is 8.23. The van der Waals surface area contributed by atoms with Gasteiger partial charge < -0.3 is 22.1 Å². The maximum Gasteiger partial charge on any atom is 0.272 e. The zero-order valence-corrected chi connectivity index (χ0v) is 16.7. The van der Waals surface area contributed by atoms with Crippen LogP contribution in [-0.4, -0.2) is 45.3 Å². The number of carbonyl (C=O) groups excluding carboxylic acids is 2. The molecule has 158 valence electrons. The fourth-order valence-electron chi connectivity index (χ4n) is 2.99. The van der Waals surface area contributed by atoms with E-state index in [1.807, 2.05) is 26.0 Å². The van der Waals surface area contributed by atoms with E-state index in [4.69, 9.17) is 11.5 Å². The molecule has 0 aliphatic carbocycles. The summed E-state index contributed by atoms with van der Waals surface area (Å²) in [5.41, 5.74) is 10.6. The average molecular weight is 412 g/mol. The average Bonchev–Trinajstić information content (AvgIpc) is 3.06. The minimum atomic E-state index is -0.741. The molecule has 2 aromatic heterocycles. The molecule has 8 N–H and O–H groups in total. The van der Waals surface area contributed by atoms with Crippen molar-refractivity contribution in [3.63, 3.8) is 0 Å². The van der Waals surface area contributed by atoms with E-state index >= 15 is 0 Å². The predicted octanol–water partition coefficient (Wildman–Crippen LogP) is 0.124. The van der Waals surface area contributed by atoms with Crippen LogP contribution in [-0.2, 0) is 11.2 Å². The quantitative estimate of drug-likeness (QED) is 0.303. The van der Waals surface area contributed by atoms with Gasteiger partial charge in [-0.1, -0.05) is 32.0 Å². The molecule has 0 aliphatic heterocycles. The molecule has 2 amide bonds. The maximum atomic E-state index is 12.3. The number of aromatic amines is 2. The number of nitrogen functional groups attached to an aromatic ring is 1. The molecule has 2 heterocycles. The molecule has 0 unspecified atom stereocenters. The van der Waals surface area contributed by atoms with Crippen LogP contribution in [0.3, 0.4) is 0 Å². The Morgan fingerprint density at radius 2 is 1.80 bits per heavy atom. The number of anilines is 2. The first-order valence-electron chi connectivity index (χ1n) is 9.28. The number of nitrogens with zero attached hydrogens (tertiary/aromatic N) is 2. The van der Waals surface area contributed by atoms with Crippen molar-refractivity contribution in [2.24, 2.45) is 11.1 Å². The SMILES string of the molecule is CC(C)(CNC(=O)Cc1[nH]nc(N)c1C(N)=O)CNc1n[nH]c(=O)c2ccccc12. The van der Waals surface area contributed by atoms with Gasteiger partial charge in [0.25, 0.3) is 11.5 Å². The molecular formula is C19H24N8O3. The number of benzene rings is 1. The molecule has 3 aromatic rings. The predicted molar refractivity (Wildman–Crippen MR) is 113 cm³/mol. The third kappa shape index (κ3) is 4.57. The van der Waals surface area contributed by atoms with Crippen LogP contribution in [0.5, 0.6) is 0 Å². The first kappa shape index (κ1) is 20.8. The zero-order chi connectivity index (χ0) is 21.9. The van der Waals surface area contributed by atoms with Crippen molar-refractivity contribution in [1.82, 2.24) is 25.7 Å². The van der Waals surface area contributed by atoms with Crippen molar-refractivity contribution >= 4 is 34.2 Å². The van der Waals surface area contributed by atoms with Crippen LogP contribution in [0.2, 0.25) is 0 Å². The Labute approximate surface area is 171 Å². The van der Waals surface area contributed by atoms with Gasteiger partial charge in [-0.25, -0.2) is 5.10 Å². The van der Waals surface area contributed by atoms with Gasteiger partial charge in [0.1, 0.15) is 5.56 Å². The van der Waals surface area contributed by atoms with E-state index in [1.54, 1.807) is 12.1 Å². The number of primary amides is 1. The molecule has 0 spiro atoms. The summed E-state index contributed by atoms with van der Waals surface area (Å²) in [5.74, 6) is -0.518. The van der Waals surface area contributed by atoms with E-state index in [9.17, 15) is 14.4 Å². The molecule has 11 nitrogen and oxygen atoms in total. The summed E-state index contributed by atoms with van der Waals surface area (Å²) in [6.45, 7) is 4.78. The Hall–Kier alpha value is -3.89. The van der Waals surface area contributed by atoms with E-state index in [-0.39, 0.29) is 40.4 Å². The number of aromatic nitrogens is 4. The van der Waals surface area contributed by atoms with Crippen LogP contribution in [0.1, 0.15) is 29.9 Å². The topological polar surface area (TPSA) is 185 Å². The lowest BCUT2D eigenvalue weighted by molar-refractivity contribution is -0.120. The fourth-order valence-corrected chi connectivity index (χ4v) is 2.99. The molecule has 0 radical (unpaired) electrons. The van der Waals surface area contributed by atoms with Gasteiger partial charge in [0.15, 0.2) is 11.6 Å². The summed E-state index contributed by atoms with van der Waals surface area (Å²) in [7, 11) is 0. The number of carbonyl (C=O) groups is 2. The molecular weight excluding hydrogens is 388 g/mol. The summed E-state index contributed by atoms with van der Waals surface area (Å²) in [4.78, 5) is 35.6. The summed E-state index contributed by atoms with van der Waals surface area (Å²) in [5, 5.41) is 20.2. The van der Waals surface area contributed by atoms with Crippen LogP contribution < -0.4 is 27.7 Å². The van der Waals surface area contributed by atoms with Crippen molar-refractivity contribution in [3.8, 4) is 0 Å². The highest BCUT2D eigenvalue weighted by molar-refractivity contribution is 5.99. The van der Waals surface area contributed by atoms with Crippen molar-refractivity contribution in [2.45, 2.75) is 20.3 Å². The molecule has 1 aromatic carbocycles. The van der Waals surface area contributed by atoms with Gasteiger partial charge in [-0.15, -0.1) is 0 Å². The van der Waals surface area contributed by atoms with E-state index in [0.29, 0.717) is 24.3 Å².